The van der Waals surface area contributed by atoms with E-state index in [0.29, 0.717) is 12.0 Å². The number of benzene rings is 1. The molecule has 0 radical (unpaired) electrons. The lowest BCUT2D eigenvalue weighted by molar-refractivity contribution is 0.393. The Labute approximate surface area is 149 Å². The van der Waals surface area contributed by atoms with Crippen molar-refractivity contribution >= 4 is 36.4 Å². The average molecular weight is 360 g/mol. The Balaban J connectivity index is 0.00000121. The highest BCUT2D eigenvalue weighted by atomic mass is 35.5. The van der Waals surface area contributed by atoms with Gasteiger partial charge in [-0.2, -0.15) is 0 Å². The number of pyridine rings is 1. The third kappa shape index (κ3) is 3.94. The Morgan fingerprint density at radius 2 is 1.77 bits per heavy atom. The molecule has 2 heterocycles. The van der Waals surface area contributed by atoms with Crippen molar-refractivity contribution in [2.45, 2.75) is 37.8 Å². The molecule has 1 aliphatic rings. The summed E-state index contributed by atoms with van der Waals surface area (Å²) in [6.45, 7) is 4.50. The van der Waals surface area contributed by atoms with Crippen LogP contribution in [0.2, 0.25) is 5.02 Å². The molecule has 1 saturated heterocycles. The summed E-state index contributed by atoms with van der Waals surface area (Å²) >= 11 is 5.97. The second-order valence-corrected chi connectivity index (χ2v) is 6.45. The molecule has 5 heteroatoms. The molecule has 2 aromatic rings. The summed E-state index contributed by atoms with van der Waals surface area (Å²) in [6, 6.07) is 14.6. The SMILES string of the molecule is CC1(C)N[C@H](c2ccc(Cl)cc2)C[C@@H]1c1ccccn1.Cl.Cl. The van der Waals surface area contributed by atoms with Crippen LogP contribution < -0.4 is 5.32 Å². The van der Waals surface area contributed by atoms with Gasteiger partial charge in [-0.15, -0.1) is 24.8 Å². The summed E-state index contributed by atoms with van der Waals surface area (Å²) in [5.41, 5.74) is 2.50. The van der Waals surface area contributed by atoms with Crippen molar-refractivity contribution in [3.05, 3.63) is 64.9 Å². The van der Waals surface area contributed by atoms with Crippen LogP contribution in [0, 0.1) is 0 Å². The van der Waals surface area contributed by atoms with Crippen LogP contribution in [-0.4, -0.2) is 10.5 Å². The van der Waals surface area contributed by atoms with Gasteiger partial charge in [0.15, 0.2) is 0 Å². The molecule has 0 bridgehead atoms. The zero-order valence-electron chi connectivity index (χ0n) is 12.6. The van der Waals surface area contributed by atoms with Crippen molar-refractivity contribution in [2.75, 3.05) is 0 Å². The number of nitrogens with zero attached hydrogens (tertiary/aromatic N) is 1. The Morgan fingerprint density at radius 1 is 1.09 bits per heavy atom. The number of hydrogen-bond acceptors (Lipinski definition) is 2. The quantitative estimate of drug-likeness (QED) is 0.799. The van der Waals surface area contributed by atoms with Crippen LogP contribution in [-0.2, 0) is 0 Å². The van der Waals surface area contributed by atoms with Crippen LogP contribution in [0.15, 0.2) is 48.7 Å². The normalized spacial score (nSPS) is 22.5. The largest absolute Gasteiger partial charge is 0.304 e. The molecule has 2 atom stereocenters. The van der Waals surface area contributed by atoms with Gasteiger partial charge < -0.3 is 5.32 Å². The molecule has 2 nitrogen and oxygen atoms in total. The van der Waals surface area contributed by atoms with Crippen LogP contribution in [0.1, 0.15) is 43.5 Å². The van der Waals surface area contributed by atoms with Crippen LogP contribution in [0.3, 0.4) is 0 Å². The van der Waals surface area contributed by atoms with Gasteiger partial charge in [-0.1, -0.05) is 29.8 Å². The lowest BCUT2D eigenvalue weighted by Gasteiger charge is -2.27. The fourth-order valence-electron chi connectivity index (χ4n) is 3.13. The minimum Gasteiger partial charge on any atom is -0.304 e. The predicted molar refractivity (Wildman–Crippen MR) is 97.5 cm³/mol. The first kappa shape index (κ1) is 19.2. The van der Waals surface area contributed by atoms with E-state index < -0.39 is 0 Å². The van der Waals surface area contributed by atoms with E-state index in [-0.39, 0.29) is 30.4 Å². The van der Waals surface area contributed by atoms with Gasteiger partial charge in [0.2, 0.25) is 0 Å². The zero-order valence-corrected chi connectivity index (χ0v) is 15.0. The summed E-state index contributed by atoms with van der Waals surface area (Å²) in [6.07, 6.45) is 2.94. The lowest BCUT2D eigenvalue weighted by atomic mass is 9.85. The third-order valence-electron chi connectivity index (χ3n) is 4.21. The summed E-state index contributed by atoms with van der Waals surface area (Å²) in [5, 5.41) is 4.52. The van der Waals surface area contributed by atoms with E-state index in [4.69, 9.17) is 11.6 Å². The molecule has 1 aromatic heterocycles. The average Bonchev–Trinajstić information content (AvgIpc) is 2.76. The van der Waals surface area contributed by atoms with E-state index in [1.807, 2.05) is 24.4 Å². The topological polar surface area (TPSA) is 24.9 Å². The van der Waals surface area contributed by atoms with E-state index in [2.05, 4.69) is 48.4 Å². The van der Waals surface area contributed by atoms with Gasteiger partial charge in [0.25, 0.3) is 0 Å². The van der Waals surface area contributed by atoms with Crippen LogP contribution in [0.25, 0.3) is 0 Å². The number of aromatic nitrogens is 1. The van der Waals surface area contributed by atoms with Crippen LogP contribution in [0.5, 0.6) is 0 Å². The molecule has 1 fully saturated rings. The highest BCUT2D eigenvalue weighted by Gasteiger charge is 2.41. The van der Waals surface area contributed by atoms with E-state index in [1.54, 1.807) is 0 Å². The Morgan fingerprint density at radius 3 is 2.36 bits per heavy atom. The van der Waals surface area contributed by atoms with Crippen molar-refractivity contribution in [1.82, 2.24) is 10.3 Å². The van der Waals surface area contributed by atoms with Crippen molar-refractivity contribution in [3.63, 3.8) is 0 Å². The lowest BCUT2D eigenvalue weighted by Crippen LogP contribution is -2.38. The van der Waals surface area contributed by atoms with Gasteiger partial charge in [-0.25, -0.2) is 0 Å². The van der Waals surface area contributed by atoms with Crippen LogP contribution >= 0.6 is 36.4 Å². The van der Waals surface area contributed by atoms with Crippen molar-refractivity contribution < 1.29 is 0 Å². The molecule has 0 unspecified atom stereocenters. The Hall–Kier alpha value is -0.800. The second kappa shape index (κ2) is 7.65. The fourth-order valence-corrected chi connectivity index (χ4v) is 3.25. The van der Waals surface area contributed by atoms with Gasteiger partial charge in [-0.05, 0) is 50.1 Å². The molecule has 1 aromatic carbocycles. The first-order valence-corrected chi connectivity index (χ1v) is 7.38. The minimum atomic E-state index is 0. The van der Waals surface area contributed by atoms with Gasteiger partial charge in [0.1, 0.15) is 0 Å². The first-order valence-electron chi connectivity index (χ1n) is 7.00. The first-order chi connectivity index (χ1) is 9.56. The maximum Gasteiger partial charge on any atom is 0.0453 e. The molecule has 1 aliphatic heterocycles. The highest BCUT2D eigenvalue weighted by Crippen LogP contribution is 2.43. The maximum atomic E-state index is 5.97. The summed E-state index contributed by atoms with van der Waals surface area (Å²) in [4.78, 5) is 4.54. The molecule has 0 aliphatic carbocycles. The molecular weight excluding hydrogens is 339 g/mol. The summed E-state index contributed by atoms with van der Waals surface area (Å²) in [5.74, 6) is 0.421. The molecule has 120 valence electrons. The standard InChI is InChI=1S/C17H19ClN2.2ClH/c1-17(2)14(15-5-3-4-10-19-15)11-16(20-17)12-6-8-13(18)9-7-12;;/h3-10,14,16,20H,11H2,1-2H3;2*1H/t14-,16+;;/m1../s1. The van der Waals surface area contributed by atoms with E-state index in [1.165, 1.54) is 11.3 Å². The van der Waals surface area contributed by atoms with Gasteiger partial charge >= 0.3 is 0 Å². The van der Waals surface area contributed by atoms with E-state index in [0.717, 1.165) is 11.4 Å². The van der Waals surface area contributed by atoms with Gasteiger partial charge in [0, 0.05) is 34.4 Å². The van der Waals surface area contributed by atoms with E-state index in [9.17, 15) is 0 Å². The van der Waals surface area contributed by atoms with Gasteiger partial charge in [-0.3, -0.25) is 4.98 Å². The monoisotopic (exact) mass is 358 g/mol. The predicted octanol–water partition coefficient (Wildman–Crippen LogP) is 5.18. The molecule has 3 rings (SSSR count). The Kier molecular flexibility index (Phi) is 6.69. The molecule has 1 N–H and O–H groups in total. The number of halogens is 3. The van der Waals surface area contributed by atoms with Gasteiger partial charge in [0.05, 0.1) is 0 Å². The fraction of sp³-hybridized carbons (Fsp3) is 0.353. The zero-order chi connectivity index (χ0) is 14.2. The number of rotatable bonds is 2. The summed E-state index contributed by atoms with van der Waals surface area (Å²) < 4.78 is 0. The van der Waals surface area contributed by atoms with Crippen molar-refractivity contribution in [3.8, 4) is 0 Å². The van der Waals surface area contributed by atoms with Crippen LogP contribution in [0.4, 0.5) is 0 Å². The number of nitrogens with one attached hydrogen (secondary N) is 1. The maximum absolute atomic E-state index is 5.97. The molecule has 22 heavy (non-hydrogen) atoms. The van der Waals surface area contributed by atoms with E-state index >= 15 is 0 Å². The molecule has 0 amide bonds. The van der Waals surface area contributed by atoms with Crippen molar-refractivity contribution in [2.24, 2.45) is 0 Å². The molecule has 0 saturated carbocycles. The molecule has 0 spiro atoms. The highest BCUT2D eigenvalue weighted by molar-refractivity contribution is 6.30. The Bertz CT molecular complexity index is 585. The number of hydrogen-bond donors (Lipinski definition) is 1. The van der Waals surface area contributed by atoms with Crippen molar-refractivity contribution in [1.29, 1.82) is 0 Å². The smallest absolute Gasteiger partial charge is 0.0453 e. The second-order valence-electron chi connectivity index (χ2n) is 6.01. The summed E-state index contributed by atoms with van der Waals surface area (Å²) in [7, 11) is 0. The third-order valence-corrected chi connectivity index (χ3v) is 4.46. The minimum absolute atomic E-state index is 0. The molecular formula is C17H21Cl3N2.